The van der Waals surface area contributed by atoms with Gasteiger partial charge in [0.05, 0.1) is 5.76 Å². The van der Waals surface area contributed by atoms with Crippen LogP contribution in [0.2, 0.25) is 19.6 Å². The summed E-state index contributed by atoms with van der Waals surface area (Å²) in [6, 6.07) is 10.5. The summed E-state index contributed by atoms with van der Waals surface area (Å²) in [7, 11) is -1.49. The van der Waals surface area contributed by atoms with Crippen molar-refractivity contribution in [3.05, 3.63) is 41.7 Å². The van der Waals surface area contributed by atoms with Crippen LogP contribution in [0.3, 0.4) is 0 Å². The molecule has 1 aromatic carbocycles. The highest BCUT2D eigenvalue weighted by Gasteiger charge is 2.18. The number of benzene rings is 1. The molecule has 0 amide bonds. The zero-order valence-corrected chi connectivity index (χ0v) is 14.1. The van der Waals surface area contributed by atoms with Crippen LogP contribution in [0.15, 0.2) is 46.6 Å². The van der Waals surface area contributed by atoms with Gasteiger partial charge < -0.3 is 4.43 Å². The van der Waals surface area contributed by atoms with Crippen LogP contribution in [0.5, 0.6) is 0 Å². The molecule has 1 nitrogen and oxygen atoms in total. The van der Waals surface area contributed by atoms with E-state index < -0.39 is 8.32 Å². The number of rotatable bonds is 5. The van der Waals surface area contributed by atoms with Gasteiger partial charge in [-0.1, -0.05) is 18.2 Å². The molecule has 1 atom stereocenters. The lowest BCUT2D eigenvalue weighted by Crippen LogP contribution is -2.25. The Labute approximate surface area is 117 Å². The fraction of sp³-hybridized carbons (Fsp3) is 0.467. The van der Waals surface area contributed by atoms with Crippen molar-refractivity contribution in [3.63, 3.8) is 0 Å². The highest BCUT2D eigenvalue weighted by molar-refractivity contribution is 8.00. The number of allylic oxidation sites excluding steroid dienone is 1. The standard InChI is InChI=1S/C15H24OSSi/c1-12(13(2)16-18(4,5)6)14(3)17-15-10-8-7-9-11-15/h7-11,14H,1-6H3/b13-12+. The van der Waals surface area contributed by atoms with Crippen molar-refractivity contribution >= 4 is 20.1 Å². The van der Waals surface area contributed by atoms with Crippen molar-refractivity contribution in [1.29, 1.82) is 0 Å². The lowest BCUT2D eigenvalue weighted by Gasteiger charge is -2.23. The van der Waals surface area contributed by atoms with Gasteiger partial charge in [0.15, 0.2) is 0 Å². The smallest absolute Gasteiger partial charge is 0.241 e. The van der Waals surface area contributed by atoms with Crippen molar-refractivity contribution in [2.24, 2.45) is 0 Å². The third kappa shape index (κ3) is 5.32. The van der Waals surface area contributed by atoms with E-state index in [0.717, 1.165) is 5.76 Å². The van der Waals surface area contributed by atoms with E-state index in [1.54, 1.807) is 0 Å². The van der Waals surface area contributed by atoms with E-state index in [9.17, 15) is 0 Å². The summed E-state index contributed by atoms with van der Waals surface area (Å²) in [6.07, 6.45) is 0. The van der Waals surface area contributed by atoms with Crippen molar-refractivity contribution in [2.75, 3.05) is 0 Å². The average Bonchev–Trinajstić information content (AvgIpc) is 2.27. The maximum Gasteiger partial charge on any atom is 0.241 e. The molecule has 18 heavy (non-hydrogen) atoms. The molecule has 0 N–H and O–H groups in total. The zero-order chi connectivity index (χ0) is 13.8. The minimum Gasteiger partial charge on any atom is -0.548 e. The topological polar surface area (TPSA) is 9.23 Å². The van der Waals surface area contributed by atoms with E-state index in [2.05, 4.69) is 70.7 Å². The van der Waals surface area contributed by atoms with Gasteiger partial charge in [-0.15, -0.1) is 11.8 Å². The lowest BCUT2D eigenvalue weighted by molar-refractivity contribution is 0.416. The summed E-state index contributed by atoms with van der Waals surface area (Å²) in [5.41, 5.74) is 1.34. The van der Waals surface area contributed by atoms with Gasteiger partial charge in [-0.25, -0.2) is 0 Å². The zero-order valence-electron chi connectivity index (χ0n) is 12.3. The third-order valence-electron chi connectivity index (χ3n) is 2.68. The maximum atomic E-state index is 6.06. The van der Waals surface area contributed by atoms with Crippen molar-refractivity contribution in [2.45, 2.75) is 50.6 Å². The van der Waals surface area contributed by atoms with E-state index in [4.69, 9.17) is 4.43 Å². The van der Waals surface area contributed by atoms with Crippen LogP contribution in [0.1, 0.15) is 20.8 Å². The fourth-order valence-corrected chi connectivity index (χ4v) is 3.76. The Hall–Kier alpha value is -0.673. The fourth-order valence-electron chi connectivity index (χ4n) is 1.62. The Morgan fingerprint density at radius 3 is 2.17 bits per heavy atom. The number of hydrogen-bond acceptors (Lipinski definition) is 2. The molecule has 0 heterocycles. The molecule has 3 heteroatoms. The van der Waals surface area contributed by atoms with Crippen molar-refractivity contribution in [3.8, 4) is 0 Å². The summed E-state index contributed by atoms with van der Waals surface area (Å²) < 4.78 is 6.06. The molecule has 0 bridgehead atoms. The maximum absolute atomic E-state index is 6.06. The van der Waals surface area contributed by atoms with Gasteiger partial charge in [-0.3, -0.25) is 0 Å². The minimum atomic E-state index is -1.49. The molecule has 1 rings (SSSR count). The predicted octanol–water partition coefficient (Wildman–Crippen LogP) is 5.31. The van der Waals surface area contributed by atoms with Crippen LogP contribution < -0.4 is 0 Å². The van der Waals surface area contributed by atoms with Gasteiger partial charge >= 0.3 is 0 Å². The first kappa shape index (κ1) is 15.4. The molecule has 1 unspecified atom stereocenters. The summed E-state index contributed by atoms with van der Waals surface area (Å²) in [5, 5.41) is 0.448. The van der Waals surface area contributed by atoms with Crippen LogP contribution in [0.25, 0.3) is 0 Å². The first-order chi connectivity index (χ1) is 8.29. The van der Waals surface area contributed by atoms with Crippen LogP contribution in [0, 0.1) is 0 Å². The first-order valence-corrected chi connectivity index (χ1v) is 10.7. The third-order valence-corrected chi connectivity index (χ3v) is 4.85. The SMILES string of the molecule is C/C(O[Si](C)(C)C)=C(/C)C(C)Sc1ccccc1. The van der Waals surface area contributed by atoms with E-state index in [1.165, 1.54) is 10.5 Å². The van der Waals surface area contributed by atoms with Crippen LogP contribution in [-0.4, -0.2) is 13.6 Å². The van der Waals surface area contributed by atoms with E-state index >= 15 is 0 Å². The van der Waals surface area contributed by atoms with Gasteiger partial charge in [0.1, 0.15) is 0 Å². The Kier molecular flexibility index (Phi) is 5.54. The molecule has 0 radical (unpaired) electrons. The summed E-state index contributed by atoms with van der Waals surface area (Å²) in [6.45, 7) is 13.2. The normalized spacial score (nSPS) is 15.0. The molecular formula is C15H24OSSi. The molecule has 0 aliphatic rings. The molecule has 0 aliphatic heterocycles. The molecule has 0 saturated carbocycles. The second kappa shape index (κ2) is 6.48. The molecule has 0 saturated heterocycles. The molecular weight excluding hydrogens is 256 g/mol. The van der Waals surface area contributed by atoms with E-state index in [0.29, 0.717) is 5.25 Å². The van der Waals surface area contributed by atoms with Crippen LogP contribution in [0.4, 0.5) is 0 Å². The summed E-state index contributed by atoms with van der Waals surface area (Å²) in [5.74, 6) is 1.10. The Bertz CT molecular complexity index is 406. The Balaban J connectivity index is 2.71. The van der Waals surface area contributed by atoms with Crippen molar-refractivity contribution < 1.29 is 4.43 Å². The molecule has 100 valence electrons. The van der Waals surface area contributed by atoms with Gasteiger partial charge in [0, 0.05) is 10.1 Å². The monoisotopic (exact) mass is 280 g/mol. The molecule has 1 aromatic rings. The number of thioether (sulfide) groups is 1. The van der Waals surface area contributed by atoms with E-state index in [-0.39, 0.29) is 0 Å². The second-order valence-electron chi connectivity index (χ2n) is 5.53. The Morgan fingerprint density at radius 2 is 1.67 bits per heavy atom. The first-order valence-electron chi connectivity index (χ1n) is 6.37. The summed E-state index contributed by atoms with van der Waals surface area (Å²) >= 11 is 1.88. The van der Waals surface area contributed by atoms with Gasteiger partial charge in [-0.05, 0) is 58.1 Å². The second-order valence-corrected chi connectivity index (χ2v) is 11.4. The van der Waals surface area contributed by atoms with Crippen LogP contribution in [-0.2, 0) is 4.43 Å². The highest BCUT2D eigenvalue weighted by Crippen LogP contribution is 2.29. The predicted molar refractivity (Wildman–Crippen MR) is 84.6 cm³/mol. The lowest BCUT2D eigenvalue weighted by atomic mass is 10.2. The average molecular weight is 281 g/mol. The molecule has 0 fully saturated rings. The quantitative estimate of drug-likeness (QED) is 0.410. The van der Waals surface area contributed by atoms with Gasteiger partial charge in [0.25, 0.3) is 0 Å². The summed E-state index contributed by atoms with van der Waals surface area (Å²) in [4.78, 5) is 1.31. The van der Waals surface area contributed by atoms with Crippen molar-refractivity contribution in [1.82, 2.24) is 0 Å². The van der Waals surface area contributed by atoms with Gasteiger partial charge in [0.2, 0.25) is 8.32 Å². The Morgan fingerprint density at radius 1 is 1.11 bits per heavy atom. The van der Waals surface area contributed by atoms with Gasteiger partial charge in [-0.2, -0.15) is 0 Å². The molecule has 0 aliphatic carbocycles. The largest absolute Gasteiger partial charge is 0.548 e. The van der Waals surface area contributed by atoms with Crippen LogP contribution >= 0.6 is 11.8 Å². The minimum absolute atomic E-state index is 0.448. The molecule has 0 spiro atoms. The van der Waals surface area contributed by atoms with E-state index in [1.807, 2.05) is 11.8 Å². The number of hydrogen-bond donors (Lipinski definition) is 0. The molecule has 0 aromatic heterocycles. The highest BCUT2D eigenvalue weighted by atomic mass is 32.2.